The predicted molar refractivity (Wildman–Crippen MR) is 100.0 cm³/mol. The van der Waals surface area contributed by atoms with E-state index >= 15 is 0 Å². The Morgan fingerprint density at radius 3 is 2.13 bits per heavy atom. The Labute approximate surface area is 150 Å². The molecule has 5 heteroatoms. The van der Waals surface area contributed by atoms with Gasteiger partial charge in [0.15, 0.2) is 5.78 Å². The molecule has 0 N–H and O–H groups in total. The fourth-order valence-electron chi connectivity index (χ4n) is 2.52. The van der Waals surface area contributed by atoms with E-state index in [1.54, 1.807) is 30.7 Å². The average Bonchev–Trinajstić information content (AvgIpc) is 2.86. The highest BCUT2D eigenvalue weighted by molar-refractivity contribution is 7.19. The molecular weight excluding hydrogens is 349 g/mol. The molecule has 0 saturated carbocycles. The number of pyridine rings is 1. The highest BCUT2D eigenvalue weighted by Gasteiger charge is 2.20. The Hall–Kier alpha value is -1.68. The molecule has 23 heavy (non-hydrogen) atoms. The van der Waals surface area contributed by atoms with Crippen LogP contribution in [-0.4, -0.2) is 10.8 Å². The third-order valence-electron chi connectivity index (χ3n) is 3.55. The summed E-state index contributed by atoms with van der Waals surface area (Å²) in [4.78, 5) is 18.3. The van der Waals surface area contributed by atoms with Gasteiger partial charge in [0.25, 0.3) is 0 Å². The van der Waals surface area contributed by atoms with Gasteiger partial charge in [-0.1, -0.05) is 23.7 Å². The number of hydrogen-bond donors (Lipinski definition) is 0. The van der Waals surface area contributed by atoms with Crippen LogP contribution in [0.15, 0.2) is 48.8 Å². The summed E-state index contributed by atoms with van der Waals surface area (Å²) in [6, 6.07) is 11.5. The number of carbonyl (C=O) groups is 1. The molecule has 0 amide bonds. The zero-order valence-corrected chi connectivity index (χ0v) is 15.1. The van der Waals surface area contributed by atoms with E-state index in [9.17, 15) is 4.79 Å². The van der Waals surface area contributed by atoms with E-state index in [-0.39, 0.29) is 18.2 Å². The van der Waals surface area contributed by atoms with E-state index < -0.39 is 0 Å². The molecule has 0 unspecified atom stereocenters. The molecule has 3 rings (SSSR count). The summed E-state index contributed by atoms with van der Waals surface area (Å²) in [6.07, 6.45) is 3.54. The Morgan fingerprint density at radius 2 is 1.57 bits per heavy atom. The van der Waals surface area contributed by atoms with Gasteiger partial charge in [-0.15, -0.1) is 23.7 Å². The van der Waals surface area contributed by atoms with Gasteiger partial charge in [0.05, 0.1) is 0 Å². The van der Waals surface area contributed by atoms with E-state index in [0.717, 1.165) is 32.0 Å². The second-order valence-electron chi connectivity index (χ2n) is 5.06. The first-order valence-corrected chi connectivity index (χ1v) is 8.08. The molecule has 0 saturated heterocycles. The van der Waals surface area contributed by atoms with E-state index in [2.05, 4.69) is 4.98 Å². The molecule has 0 spiro atoms. The van der Waals surface area contributed by atoms with Crippen molar-refractivity contribution >= 4 is 41.1 Å². The molecule has 0 atom stereocenters. The first-order chi connectivity index (χ1) is 10.6. The molecule has 0 bridgehead atoms. The summed E-state index contributed by atoms with van der Waals surface area (Å²) in [6.45, 7) is 3.62. The van der Waals surface area contributed by atoms with Crippen LogP contribution in [0.3, 0.4) is 0 Å². The fourth-order valence-corrected chi connectivity index (χ4v) is 4.01. The molecule has 2 nitrogen and oxygen atoms in total. The van der Waals surface area contributed by atoms with Gasteiger partial charge in [0.1, 0.15) is 0 Å². The molecule has 118 valence electrons. The van der Waals surface area contributed by atoms with Gasteiger partial charge in [0, 0.05) is 32.7 Å². The monoisotopic (exact) mass is 363 g/mol. The zero-order valence-electron chi connectivity index (χ0n) is 12.7. The van der Waals surface area contributed by atoms with Crippen LogP contribution in [0.1, 0.15) is 22.8 Å². The van der Waals surface area contributed by atoms with Gasteiger partial charge in [-0.05, 0) is 54.8 Å². The first kappa shape index (κ1) is 17.7. The number of halogens is 2. The Bertz CT molecular complexity index is 826. The highest BCUT2D eigenvalue weighted by atomic mass is 35.5. The minimum absolute atomic E-state index is 0. The number of hydrogen-bond acceptors (Lipinski definition) is 3. The van der Waals surface area contributed by atoms with Crippen molar-refractivity contribution in [2.45, 2.75) is 13.8 Å². The second-order valence-corrected chi connectivity index (χ2v) is 6.52. The van der Waals surface area contributed by atoms with Crippen molar-refractivity contribution in [3.05, 3.63) is 64.9 Å². The molecule has 0 aliphatic heterocycles. The molecular formula is C18H15Cl2NOS. The summed E-state index contributed by atoms with van der Waals surface area (Å²) in [5, 5.41) is 0.691. The van der Waals surface area contributed by atoms with Gasteiger partial charge in [-0.2, -0.15) is 0 Å². The smallest absolute Gasteiger partial charge is 0.161 e. The lowest BCUT2D eigenvalue weighted by Crippen LogP contribution is -1.95. The van der Waals surface area contributed by atoms with Crippen molar-refractivity contribution in [3.63, 3.8) is 0 Å². The van der Waals surface area contributed by atoms with Crippen LogP contribution in [0.4, 0.5) is 0 Å². The van der Waals surface area contributed by atoms with Crippen LogP contribution < -0.4 is 0 Å². The van der Waals surface area contributed by atoms with Gasteiger partial charge in [-0.3, -0.25) is 9.78 Å². The third kappa shape index (κ3) is 3.47. The average molecular weight is 364 g/mol. The maximum atomic E-state index is 12.1. The summed E-state index contributed by atoms with van der Waals surface area (Å²) in [5.74, 6) is 0.0824. The van der Waals surface area contributed by atoms with Crippen molar-refractivity contribution in [1.82, 2.24) is 4.98 Å². The number of aromatic nitrogens is 1. The van der Waals surface area contributed by atoms with Crippen LogP contribution in [-0.2, 0) is 0 Å². The number of ketones is 1. The molecule has 0 radical (unpaired) electrons. The summed E-state index contributed by atoms with van der Waals surface area (Å²) >= 11 is 7.60. The molecule has 1 aromatic carbocycles. The topological polar surface area (TPSA) is 30.0 Å². The highest BCUT2D eigenvalue weighted by Crippen LogP contribution is 2.42. The van der Waals surface area contributed by atoms with E-state index in [1.165, 1.54) is 0 Å². The van der Waals surface area contributed by atoms with E-state index in [0.29, 0.717) is 5.02 Å². The largest absolute Gasteiger partial charge is 0.294 e. The molecule has 0 fully saturated rings. The summed E-state index contributed by atoms with van der Waals surface area (Å²) in [5.41, 5.74) is 3.91. The number of Topliss-reactive ketones (excluding diaryl/α,β-unsaturated/α-hetero) is 1. The molecule has 2 aromatic heterocycles. The number of carbonyl (C=O) groups excluding carboxylic acids is 1. The third-order valence-corrected chi connectivity index (χ3v) is 5.19. The molecule has 0 aliphatic rings. The van der Waals surface area contributed by atoms with Gasteiger partial charge in [0.2, 0.25) is 0 Å². The van der Waals surface area contributed by atoms with Crippen molar-refractivity contribution in [2.24, 2.45) is 0 Å². The number of rotatable bonds is 3. The van der Waals surface area contributed by atoms with Crippen LogP contribution in [0.5, 0.6) is 0 Å². The molecule has 3 aromatic rings. The summed E-state index contributed by atoms with van der Waals surface area (Å²) < 4.78 is 0. The SMILES string of the molecule is CC(=O)c1c(-c2ccc(Cl)cc2)sc(-c2ccncc2)c1C.Cl. The van der Waals surface area contributed by atoms with Gasteiger partial charge in [-0.25, -0.2) is 0 Å². The fraction of sp³-hybridized carbons (Fsp3) is 0.111. The lowest BCUT2D eigenvalue weighted by Gasteiger charge is -2.02. The van der Waals surface area contributed by atoms with Crippen LogP contribution in [0.25, 0.3) is 20.9 Å². The Morgan fingerprint density at radius 1 is 1.00 bits per heavy atom. The maximum Gasteiger partial charge on any atom is 0.161 e. The number of nitrogens with zero attached hydrogens (tertiary/aromatic N) is 1. The lowest BCUT2D eigenvalue weighted by molar-refractivity contribution is 0.101. The quantitative estimate of drug-likeness (QED) is 0.529. The van der Waals surface area contributed by atoms with Crippen LogP contribution in [0, 0.1) is 6.92 Å². The van der Waals surface area contributed by atoms with Crippen LogP contribution in [0.2, 0.25) is 5.02 Å². The zero-order chi connectivity index (χ0) is 15.7. The minimum Gasteiger partial charge on any atom is -0.294 e. The molecule has 2 heterocycles. The first-order valence-electron chi connectivity index (χ1n) is 6.88. The Balaban J connectivity index is 0.00000192. The van der Waals surface area contributed by atoms with Crippen molar-refractivity contribution in [1.29, 1.82) is 0 Å². The van der Waals surface area contributed by atoms with E-state index in [1.807, 2.05) is 43.3 Å². The van der Waals surface area contributed by atoms with E-state index in [4.69, 9.17) is 11.6 Å². The number of thiophene rings is 1. The minimum atomic E-state index is 0. The van der Waals surface area contributed by atoms with Crippen molar-refractivity contribution < 1.29 is 4.79 Å². The van der Waals surface area contributed by atoms with Crippen molar-refractivity contribution in [2.75, 3.05) is 0 Å². The maximum absolute atomic E-state index is 12.1. The second kappa shape index (κ2) is 7.26. The summed E-state index contributed by atoms with van der Waals surface area (Å²) in [7, 11) is 0. The number of benzene rings is 1. The lowest BCUT2D eigenvalue weighted by atomic mass is 10.0. The van der Waals surface area contributed by atoms with Gasteiger partial charge < -0.3 is 0 Å². The Kier molecular flexibility index (Phi) is 5.58. The molecule has 0 aliphatic carbocycles. The van der Waals surface area contributed by atoms with Crippen LogP contribution >= 0.6 is 35.3 Å². The normalized spacial score (nSPS) is 10.2. The van der Waals surface area contributed by atoms with Gasteiger partial charge >= 0.3 is 0 Å². The predicted octanol–water partition coefficient (Wildman–Crippen LogP) is 6.06. The van der Waals surface area contributed by atoms with Crippen molar-refractivity contribution in [3.8, 4) is 20.9 Å². The standard InChI is InChI=1S/C18H14ClNOS.ClH/c1-11-16(12(2)21)18(13-3-5-15(19)6-4-13)22-17(11)14-7-9-20-10-8-14;/h3-10H,1-2H3;1H.